The SMILES string of the molecule is COc1ccc(NC(=O)OC(C)(C)C)cc1C(=O)CN. The number of nitrogens with two attached hydrogens (primary N) is 1. The first-order valence-electron chi connectivity index (χ1n) is 6.18. The van der Waals surface area contributed by atoms with Gasteiger partial charge in [-0.25, -0.2) is 4.79 Å². The van der Waals surface area contributed by atoms with Gasteiger partial charge in [0, 0.05) is 5.69 Å². The van der Waals surface area contributed by atoms with Crippen molar-refractivity contribution in [2.45, 2.75) is 26.4 Å². The molecule has 0 atom stereocenters. The second kappa shape index (κ2) is 6.38. The normalized spacial score (nSPS) is 10.8. The number of benzene rings is 1. The quantitative estimate of drug-likeness (QED) is 0.825. The van der Waals surface area contributed by atoms with Crippen LogP contribution in [0, 0.1) is 0 Å². The van der Waals surface area contributed by atoms with E-state index < -0.39 is 11.7 Å². The first-order chi connectivity index (χ1) is 9.26. The van der Waals surface area contributed by atoms with Gasteiger partial charge < -0.3 is 15.2 Å². The van der Waals surface area contributed by atoms with Crippen molar-refractivity contribution < 1.29 is 19.1 Å². The number of anilines is 1. The molecule has 3 N–H and O–H groups in total. The van der Waals surface area contributed by atoms with Gasteiger partial charge in [-0.15, -0.1) is 0 Å². The van der Waals surface area contributed by atoms with E-state index in [1.165, 1.54) is 13.2 Å². The molecule has 0 saturated carbocycles. The molecule has 1 aromatic carbocycles. The second-order valence-electron chi connectivity index (χ2n) is 5.17. The molecule has 0 bridgehead atoms. The largest absolute Gasteiger partial charge is 0.496 e. The molecule has 1 aromatic rings. The highest BCUT2D eigenvalue weighted by Gasteiger charge is 2.17. The molecule has 6 nitrogen and oxygen atoms in total. The molecule has 1 amide bonds. The van der Waals surface area contributed by atoms with Crippen LogP contribution in [0.2, 0.25) is 0 Å². The van der Waals surface area contributed by atoms with Crippen molar-refractivity contribution in [3.05, 3.63) is 23.8 Å². The molecule has 110 valence electrons. The molecule has 20 heavy (non-hydrogen) atoms. The number of methoxy groups -OCH3 is 1. The van der Waals surface area contributed by atoms with Crippen molar-refractivity contribution in [3.63, 3.8) is 0 Å². The van der Waals surface area contributed by atoms with Crippen LogP contribution in [0.15, 0.2) is 18.2 Å². The van der Waals surface area contributed by atoms with Crippen LogP contribution in [0.1, 0.15) is 31.1 Å². The number of hydrogen-bond acceptors (Lipinski definition) is 5. The van der Waals surface area contributed by atoms with Crippen molar-refractivity contribution in [3.8, 4) is 5.75 Å². The summed E-state index contributed by atoms with van der Waals surface area (Å²) in [5.41, 5.74) is 5.52. The molecule has 0 aliphatic heterocycles. The molecule has 1 rings (SSSR count). The molecule has 0 spiro atoms. The van der Waals surface area contributed by atoms with E-state index in [1.807, 2.05) is 0 Å². The molecule has 0 fully saturated rings. The fraction of sp³-hybridized carbons (Fsp3) is 0.429. The fourth-order valence-corrected chi connectivity index (χ4v) is 1.54. The number of Topliss-reactive ketones (excluding diaryl/α,β-unsaturated/α-hetero) is 1. The summed E-state index contributed by atoms with van der Waals surface area (Å²) in [6.45, 7) is 5.17. The third-order valence-corrected chi connectivity index (χ3v) is 2.33. The highest BCUT2D eigenvalue weighted by Crippen LogP contribution is 2.23. The van der Waals surface area contributed by atoms with Gasteiger partial charge in [0.2, 0.25) is 0 Å². The van der Waals surface area contributed by atoms with Crippen molar-refractivity contribution >= 4 is 17.6 Å². The van der Waals surface area contributed by atoms with Crippen molar-refractivity contribution in [2.75, 3.05) is 19.0 Å². The van der Waals surface area contributed by atoms with Crippen LogP contribution in [0.3, 0.4) is 0 Å². The fourth-order valence-electron chi connectivity index (χ4n) is 1.54. The topological polar surface area (TPSA) is 90.6 Å². The molecule has 0 aliphatic carbocycles. The predicted octanol–water partition coefficient (Wildman–Crippen LogP) is 2.18. The number of nitrogens with one attached hydrogen (secondary N) is 1. The second-order valence-corrected chi connectivity index (χ2v) is 5.17. The Morgan fingerprint density at radius 1 is 1.30 bits per heavy atom. The standard InChI is InChI=1S/C14H20N2O4/c1-14(2,3)20-13(18)16-9-5-6-12(19-4)10(7-9)11(17)8-15/h5-7H,8,15H2,1-4H3,(H,16,18). The Kier molecular flexibility index (Phi) is 5.10. The van der Waals surface area contributed by atoms with Gasteiger partial charge in [-0.05, 0) is 39.0 Å². The maximum Gasteiger partial charge on any atom is 0.412 e. The van der Waals surface area contributed by atoms with Crippen LogP contribution in [0.4, 0.5) is 10.5 Å². The van der Waals surface area contributed by atoms with Gasteiger partial charge in [0.1, 0.15) is 11.4 Å². The summed E-state index contributed by atoms with van der Waals surface area (Å²) in [6.07, 6.45) is -0.589. The number of carbonyl (C=O) groups is 2. The van der Waals surface area contributed by atoms with Crippen molar-refractivity contribution in [1.82, 2.24) is 0 Å². The summed E-state index contributed by atoms with van der Waals surface area (Å²) < 4.78 is 10.2. The summed E-state index contributed by atoms with van der Waals surface area (Å²) >= 11 is 0. The van der Waals surface area contributed by atoms with E-state index >= 15 is 0 Å². The lowest BCUT2D eigenvalue weighted by atomic mass is 10.1. The highest BCUT2D eigenvalue weighted by atomic mass is 16.6. The van der Waals surface area contributed by atoms with Crippen LogP contribution in [0.25, 0.3) is 0 Å². The van der Waals surface area contributed by atoms with E-state index in [9.17, 15) is 9.59 Å². The van der Waals surface area contributed by atoms with Crippen LogP contribution in [0.5, 0.6) is 5.75 Å². The smallest absolute Gasteiger partial charge is 0.412 e. The first-order valence-corrected chi connectivity index (χ1v) is 6.18. The van der Waals surface area contributed by atoms with Gasteiger partial charge in [-0.2, -0.15) is 0 Å². The molecule has 0 heterocycles. The molecule has 6 heteroatoms. The average molecular weight is 280 g/mol. The summed E-state index contributed by atoms with van der Waals surface area (Å²) in [4.78, 5) is 23.4. The van der Waals surface area contributed by atoms with Gasteiger partial charge >= 0.3 is 6.09 Å². The number of hydrogen-bond donors (Lipinski definition) is 2. The van der Waals surface area contributed by atoms with Crippen LogP contribution < -0.4 is 15.8 Å². The molecule has 0 radical (unpaired) electrons. The summed E-state index contributed by atoms with van der Waals surface area (Å²) in [6, 6.07) is 4.73. The van der Waals surface area contributed by atoms with E-state index in [0.29, 0.717) is 17.0 Å². The van der Waals surface area contributed by atoms with Crippen molar-refractivity contribution in [2.24, 2.45) is 5.73 Å². The zero-order chi connectivity index (χ0) is 15.3. The molecular formula is C14H20N2O4. The molecule has 0 saturated heterocycles. The van der Waals surface area contributed by atoms with E-state index in [-0.39, 0.29) is 12.3 Å². The molecule has 0 aromatic heterocycles. The number of amides is 1. The van der Waals surface area contributed by atoms with Gasteiger partial charge in [-0.3, -0.25) is 10.1 Å². The lowest BCUT2D eigenvalue weighted by Crippen LogP contribution is -2.27. The lowest BCUT2D eigenvalue weighted by molar-refractivity contribution is 0.0635. The van der Waals surface area contributed by atoms with Gasteiger partial charge in [0.05, 0.1) is 19.2 Å². The lowest BCUT2D eigenvalue weighted by Gasteiger charge is -2.20. The predicted molar refractivity (Wildman–Crippen MR) is 76.2 cm³/mol. The number of ketones is 1. The van der Waals surface area contributed by atoms with Crippen LogP contribution in [-0.2, 0) is 4.74 Å². The summed E-state index contributed by atoms with van der Waals surface area (Å²) in [5, 5.41) is 2.56. The zero-order valence-corrected chi connectivity index (χ0v) is 12.1. The van der Waals surface area contributed by atoms with Crippen LogP contribution in [-0.4, -0.2) is 31.1 Å². The van der Waals surface area contributed by atoms with Gasteiger partial charge in [0.25, 0.3) is 0 Å². The minimum absolute atomic E-state index is 0.133. The Morgan fingerprint density at radius 2 is 1.95 bits per heavy atom. The molecule has 0 unspecified atom stereocenters. The summed E-state index contributed by atoms with van der Waals surface area (Å²) in [7, 11) is 1.46. The number of rotatable bonds is 4. The van der Waals surface area contributed by atoms with E-state index in [2.05, 4.69) is 5.32 Å². The maximum absolute atomic E-state index is 11.7. The molecule has 0 aliphatic rings. The Bertz CT molecular complexity index is 506. The monoisotopic (exact) mass is 280 g/mol. The van der Waals surface area contributed by atoms with Gasteiger partial charge in [0.15, 0.2) is 5.78 Å². The highest BCUT2D eigenvalue weighted by molar-refractivity contribution is 6.01. The number of ether oxygens (including phenoxy) is 2. The third-order valence-electron chi connectivity index (χ3n) is 2.33. The van der Waals surface area contributed by atoms with Gasteiger partial charge in [-0.1, -0.05) is 0 Å². The molecular weight excluding hydrogens is 260 g/mol. The van der Waals surface area contributed by atoms with Crippen molar-refractivity contribution in [1.29, 1.82) is 0 Å². The minimum atomic E-state index is -0.591. The van der Waals surface area contributed by atoms with E-state index in [1.54, 1.807) is 32.9 Å². The van der Waals surface area contributed by atoms with E-state index in [4.69, 9.17) is 15.2 Å². The van der Waals surface area contributed by atoms with Crippen LogP contribution >= 0.6 is 0 Å². The van der Waals surface area contributed by atoms with E-state index in [0.717, 1.165) is 0 Å². The Labute approximate surface area is 118 Å². The Morgan fingerprint density at radius 3 is 2.45 bits per heavy atom. The first kappa shape index (κ1) is 16.0. The third kappa shape index (κ3) is 4.55. The Balaban J connectivity index is 2.92. The number of carbonyl (C=O) groups excluding carboxylic acids is 2. The maximum atomic E-state index is 11.7. The summed E-state index contributed by atoms with van der Waals surface area (Å²) in [5.74, 6) is 0.143. The Hall–Kier alpha value is -2.08. The zero-order valence-electron chi connectivity index (χ0n) is 12.1. The average Bonchev–Trinajstić information content (AvgIpc) is 2.35. The minimum Gasteiger partial charge on any atom is -0.496 e.